The first-order valence-electron chi connectivity index (χ1n) is 7.24. The van der Waals surface area contributed by atoms with Crippen molar-refractivity contribution in [3.8, 4) is 0 Å². The van der Waals surface area contributed by atoms with Crippen LogP contribution in [0.15, 0.2) is 59.1 Å². The minimum Gasteiger partial charge on any atom is -0.352 e. The van der Waals surface area contributed by atoms with Crippen molar-refractivity contribution in [1.82, 2.24) is 5.32 Å². The lowest BCUT2D eigenvalue weighted by atomic mass is 10.1. The monoisotopic (exact) mass is 359 g/mol. The van der Waals surface area contributed by atoms with Gasteiger partial charge in [-0.15, -0.1) is 0 Å². The second-order valence-electron chi connectivity index (χ2n) is 5.05. The van der Waals surface area contributed by atoms with E-state index in [9.17, 15) is 9.59 Å². The van der Waals surface area contributed by atoms with Crippen LogP contribution in [0.25, 0.3) is 0 Å². The van der Waals surface area contributed by atoms with Crippen molar-refractivity contribution in [1.29, 1.82) is 0 Å². The first kappa shape index (κ1) is 16.4. The van der Waals surface area contributed by atoms with Crippen LogP contribution in [0, 0.1) is 0 Å². The molecule has 0 atom stereocenters. The minimum absolute atomic E-state index is 0.0209. The summed E-state index contributed by atoms with van der Waals surface area (Å²) in [5.74, 6) is 0.0517. The van der Waals surface area contributed by atoms with E-state index < -0.39 is 0 Å². The van der Waals surface area contributed by atoms with Crippen molar-refractivity contribution in [2.24, 2.45) is 0 Å². The molecule has 4 heteroatoms. The number of amides is 1. The SMILES string of the molecule is O=C(CCCC(=O)c1ccc(Br)cc1)NCc1ccccc1. The molecule has 1 amide bonds. The molecule has 0 fully saturated rings. The summed E-state index contributed by atoms with van der Waals surface area (Å²) in [7, 11) is 0. The van der Waals surface area contributed by atoms with Gasteiger partial charge in [0.1, 0.15) is 0 Å². The molecule has 0 saturated carbocycles. The van der Waals surface area contributed by atoms with Gasteiger partial charge >= 0.3 is 0 Å². The van der Waals surface area contributed by atoms with Crippen LogP contribution in [0.2, 0.25) is 0 Å². The molecule has 0 bridgehead atoms. The van der Waals surface area contributed by atoms with Gasteiger partial charge in [-0.05, 0) is 24.1 Å². The van der Waals surface area contributed by atoms with Crippen LogP contribution in [0.5, 0.6) is 0 Å². The van der Waals surface area contributed by atoms with Crippen LogP contribution in [0.4, 0.5) is 0 Å². The van der Waals surface area contributed by atoms with Crippen molar-refractivity contribution in [3.05, 3.63) is 70.2 Å². The molecule has 0 heterocycles. The highest BCUT2D eigenvalue weighted by molar-refractivity contribution is 9.10. The third-order valence-corrected chi connectivity index (χ3v) is 3.84. The van der Waals surface area contributed by atoms with Crippen molar-refractivity contribution in [2.75, 3.05) is 0 Å². The molecule has 0 aliphatic carbocycles. The number of benzene rings is 2. The van der Waals surface area contributed by atoms with E-state index in [1.54, 1.807) is 12.1 Å². The predicted octanol–water partition coefficient (Wildman–Crippen LogP) is 4.12. The quantitative estimate of drug-likeness (QED) is 0.755. The minimum atomic E-state index is -0.0209. The number of rotatable bonds is 7. The Labute approximate surface area is 138 Å². The fourth-order valence-electron chi connectivity index (χ4n) is 2.07. The van der Waals surface area contributed by atoms with Crippen LogP contribution in [0.1, 0.15) is 35.2 Å². The predicted molar refractivity (Wildman–Crippen MR) is 90.6 cm³/mol. The van der Waals surface area contributed by atoms with Gasteiger partial charge in [0.2, 0.25) is 5.91 Å². The maximum atomic E-state index is 12.0. The van der Waals surface area contributed by atoms with Gasteiger partial charge in [-0.25, -0.2) is 0 Å². The number of hydrogen-bond acceptors (Lipinski definition) is 2. The van der Waals surface area contributed by atoms with E-state index in [1.807, 2.05) is 42.5 Å². The normalized spacial score (nSPS) is 10.2. The van der Waals surface area contributed by atoms with Crippen LogP contribution in [-0.4, -0.2) is 11.7 Å². The zero-order valence-electron chi connectivity index (χ0n) is 12.2. The van der Waals surface area contributed by atoms with Crippen molar-refractivity contribution >= 4 is 27.6 Å². The van der Waals surface area contributed by atoms with Gasteiger partial charge in [-0.3, -0.25) is 9.59 Å². The summed E-state index contributed by atoms with van der Waals surface area (Å²) in [5, 5.41) is 2.86. The standard InChI is InChI=1S/C18H18BrNO2/c19-16-11-9-15(10-12-16)17(21)7-4-8-18(22)20-13-14-5-2-1-3-6-14/h1-3,5-6,9-12H,4,7-8,13H2,(H,20,22). The molecule has 0 radical (unpaired) electrons. The highest BCUT2D eigenvalue weighted by Gasteiger charge is 2.07. The highest BCUT2D eigenvalue weighted by Crippen LogP contribution is 2.13. The molecule has 3 nitrogen and oxygen atoms in total. The second kappa shape index (κ2) is 8.49. The van der Waals surface area contributed by atoms with Crippen LogP contribution >= 0.6 is 15.9 Å². The molecule has 1 N–H and O–H groups in total. The summed E-state index contributed by atoms with van der Waals surface area (Å²) in [6.07, 6.45) is 1.32. The van der Waals surface area contributed by atoms with Gasteiger partial charge in [-0.1, -0.05) is 58.4 Å². The number of nitrogens with one attached hydrogen (secondary N) is 1. The summed E-state index contributed by atoms with van der Waals surface area (Å²) in [4.78, 5) is 23.7. The van der Waals surface area contributed by atoms with E-state index in [0.717, 1.165) is 10.0 Å². The number of halogens is 1. The molecule has 0 spiro atoms. The molecule has 0 saturated heterocycles. The van der Waals surface area contributed by atoms with Gasteiger partial charge in [0.15, 0.2) is 5.78 Å². The number of hydrogen-bond donors (Lipinski definition) is 1. The molecule has 2 rings (SSSR count). The van der Waals surface area contributed by atoms with E-state index in [2.05, 4.69) is 21.2 Å². The molecule has 2 aromatic rings. The van der Waals surface area contributed by atoms with Crippen LogP contribution < -0.4 is 5.32 Å². The van der Waals surface area contributed by atoms with E-state index in [-0.39, 0.29) is 11.7 Å². The van der Waals surface area contributed by atoms with Gasteiger partial charge in [0.05, 0.1) is 0 Å². The third kappa shape index (κ3) is 5.45. The van der Waals surface area contributed by atoms with Crippen LogP contribution in [-0.2, 0) is 11.3 Å². The van der Waals surface area contributed by atoms with Gasteiger partial charge < -0.3 is 5.32 Å². The van der Waals surface area contributed by atoms with E-state index >= 15 is 0 Å². The Morgan fingerprint density at radius 3 is 2.27 bits per heavy atom. The maximum absolute atomic E-state index is 12.0. The first-order chi connectivity index (χ1) is 10.6. The van der Waals surface area contributed by atoms with Crippen LogP contribution in [0.3, 0.4) is 0 Å². The fraction of sp³-hybridized carbons (Fsp3) is 0.222. The Kier molecular flexibility index (Phi) is 6.34. The van der Waals surface area contributed by atoms with Crippen molar-refractivity contribution in [3.63, 3.8) is 0 Å². The fourth-order valence-corrected chi connectivity index (χ4v) is 2.34. The molecule has 114 valence electrons. The van der Waals surface area contributed by atoms with Gasteiger partial charge in [0.25, 0.3) is 0 Å². The topological polar surface area (TPSA) is 46.2 Å². The average Bonchev–Trinajstić information content (AvgIpc) is 2.54. The number of carbonyl (C=O) groups is 2. The van der Waals surface area contributed by atoms with E-state index in [1.165, 1.54) is 0 Å². The largest absolute Gasteiger partial charge is 0.352 e. The summed E-state index contributed by atoms with van der Waals surface area (Å²) in [6, 6.07) is 17.0. The zero-order valence-corrected chi connectivity index (χ0v) is 13.8. The number of ketones is 1. The second-order valence-corrected chi connectivity index (χ2v) is 5.96. The number of carbonyl (C=O) groups excluding carboxylic acids is 2. The lowest BCUT2D eigenvalue weighted by Gasteiger charge is -2.05. The molecule has 0 unspecified atom stereocenters. The third-order valence-electron chi connectivity index (χ3n) is 3.31. The molecule has 2 aromatic carbocycles. The summed E-state index contributed by atoms with van der Waals surface area (Å²) < 4.78 is 0.948. The smallest absolute Gasteiger partial charge is 0.220 e. The summed E-state index contributed by atoms with van der Waals surface area (Å²) >= 11 is 3.34. The molecule has 0 aliphatic rings. The van der Waals surface area contributed by atoms with Gasteiger partial charge in [0, 0.05) is 29.4 Å². The van der Waals surface area contributed by atoms with Crippen molar-refractivity contribution < 1.29 is 9.59 Å². The van der Waals surface area contributed by atoms with Crippen molar-refractivity contribution in [2.45, 2.75) is 25.8 Å². The van der Waals surface area contributed by atoms with E-state index in [4.69, 9.17) is 0 Å². The first-order valence-corrected chi connectivity index (χ1v) is 8.04. The molecule has 22 heavy (non-hydrogen) atoms. The Morgan fingerprint density at radius 2 is 1.59 bits per heavy atom. The lowest BCUT2D eigenvalue weighted by molar-refractivity contribution is -0.121. The highest BCUT2D eigenvalue weighted by atomic mass is 79.9. The van der Waals surface area contributed by atoms with Gasteiger partial charge in [-0.2, -0.15) is 0 Å². The Bertz CT molecular complexity index is 623. The molecule has 0 aromatic heterocycles. The average molecular weight is 360 g/mol. The maximum Gasteiger partial charge on any atom is 0.220 e. The molecular weight excluding hydrogens is 342 g/mol. The molecule has 0 aliphatic heterocycles. The summed E-state index contributed by atoms with van der Waals surface area (Å²) in [6.45, 7) is 0.528. The molecular formula is C18H18BrNO2. The Morgan fingerprint density at radius 1 is 0.909 bits per heavy atom. The Balaban J connectivity index is 1.68. The number of Topliss-reactive ketones (excluding diaryl/α,β-unsaturated/α-hetero) is 1. The zero-order chi connectivity index (χ0) is 15.8. The van der Waals surface area contributed by atoms with E-state index in [0.29, 0.717) is 31.4 Å². The lowest BCUT2D eigenvalue weighted by Crippen LogP contribution is -2.22. The Hall–Kier alpha value is -1.94. The summed E-state index contributed by atoms with van der Waals surface area (Å²) in [5.41, 5.74) is 1.76.